The Morgan fingerprint density at radius 1 is 1.04 bits per heavy atom. The molecule has 28 heavy (non-hydrogen) atoms. The van der Waals surface area contributed by atoms with Gasteiger partial charge in [-0.15, -0.1) is 0 Å². The van der Waals surface area contributed by atoms with Crippen molar-refractivity contribution in [2.45, 2.75) is 32.0 Å². The average molecular weight is 376 g/mol. The van der Waals surface area contributed by atoms with E-state index >= 15 is 0 Å². The van der Waals surface area contributed by atoms with Gasteiger partial charge >= 0.3 is 0 Å². The van der Waals surface area contributed by atoms with Gasteiger partial charge in [-0.2, -0.15) is 0 Å². The number of fused-ring (bicyclic) bond motifs is 1. The number of ether oxygens (including phenoxy) is 2. The Kier molecular flexibility index (Phi) is 5.42. The van der Waals surface area contributed by atoms with E-state index in [-0.39, 0.29) is 12.0 Å². The van der Waals surface area contributed by atoms with Crippen LogP contribution in [0.5, 0.6) is 11.5 Å². The fourth-order valence-electron chi connectivity index (χ4n) is 3.56. The van der Waals surface area contributed by atoms with E-state index in [0.29, 0.717) is 18.8 Å². The first kappa shape index (κ1) is 18.3. The van der Waals surface area contributed by atoms with E-state index in [9.17, 15) is 4.79 Å². The van der Waals surface area contributed by atoms with E-state index in [2.05, 4.69) is 4.98 Å². The highest BCUT2D eigenvalue weighted by Crippen LogP contribution is 2.26. The molecule has 0 bridgehead atoms. The molecule has 5 nitrogen and oxygen atoms in total. The minimum Gasteiger partial charge on any atom is -0.488 e. The number of amides is 1. The molecule has 1 fully saturated rings. The molecule has 3 aromatic rings. The molecule has 1 saturated heterocycles. The number of rotatable bonds is 5. The molecule has 1 aliphatic heterocycles. The maximum Gasteiger partial charge on any atom is 0.263 e. The number of pyridine rings is 1. The predicted octanol–water partition coefficient (Wildman–Crippen LogP) is 4.07. The molecule has 1 unspecified atom stereocenters. The molecule has 2 aromatic carbocycles. The second-order valence-corrected chi connectivity index (χ2v) is 7.05. The van der Waals surface area contributed by atoms with Gasteiger partial charge in [0.1, 0.15) is 23.1 Å². The van der Waals surface area contributed by atoms with Crippen molar-refractivity contribution >= 4 is 16.8 Å². The number of benzene rings is 2. The van der Waals surface area contributed by atoms with Crippen LogP contribution >= 0.6 is 0 Å². The Morgan fingerprint density at radius 3 is 2.57 bits per heavy atom. The Hall–Kier alpha value is -3.08. The topological polar surface area (TPSA) is 51.7 Å². The number of likely N-dealkylation sites (tertiary alicyclic amines) is 1. The molecule has 5 heteroatoms. The highest BCUT2D eigenvalue weighted by Gasteiger charge is 2.28. The van der Waals surface area contributed by atoms with Gasteiger partial charge < -0.3 is 14.4 Å². The normalized spacial score (nSPS) is 16.0. The van der Waals surface area contributed by atoms with E-state index in [0.717, 1.165) is 29.5 Å². The fourth-order valence-corrected chi connectivity index (χ4v) is 3.56. The van der Waals surface area contributed by atoms with Crippen molar-refractivity contribution in [3.05, 3.63) is 66.9 Å². The molecule has 1 amide bonds. The van der Waals surface area contributed by atoms with Crippen LogP contribution in [-0.4, -0.2) is 41.1 Å². The van der Waals surface area contributed by atoms with Crippen molar-refractivity contribution in [2.24, 2.45) is 0 Å². The van der Waals surface area contributed by atoms with Crippen molar-refractivity contribution < 1.29 is 14.3 Å². The van der Waals surface area contributed by atoms with Crippen LogP contribution in [-0.2, 0) is 4.79 Å². The molecule has 0 N–H and O–H groups in total. The van der Waals surface area contributed by atoms with Crippen LogP contribution < -0.4 is 9.47 Å². The van der Waals surface area contributed by atoms with Gasteiger partial charge in [0.25, 0.3) is 5.91 Å². The van der Waals surface area contributed by atoms with Gasteiger partial charge in [-0.3, -0.25) is 9.78 Å². The van der Waals surface area contributed by atoms with Gasteiger partial charge in [0.2, 0.25) is 0 Å². The molecule has 0 radical (unpaired) electrons. The molecular formula is C23H24N2O3. The first-order chi connectivity index (χ1) is 13.7. The first-order valence-corrected chi connectivity index (χ1v) is 9.71. The lowest BCUT2D eigenvalue weighted by Gasteiger charge is -2.33. The Balaban J connectivity index is 1.33. The fraction of sp³-hybridized carbons (Fsp3) is 0.304. The third kappa shape index (κ3) is 4.09. The number of carbonyl (C=O) groups is 1. The highest BCUT2D eigenvalue weighted by molar-refractivity contribution is 5.84. The summed E-state index contributed by atoms with van der Waals surface area (Å²) in [5.41, 5.74) is 0.883. The summed E-state index contributed by atoms with van der Waals surface area (Å²) >= 11 is 0. The quantitative estimate of drug-likeness (QED) is 0.673. The van der Waals surface area contributed by atoms with E-state index in [1.165, 1.54) is 0 Å². The average Bonchev–Trinajstić information content (AvgIpc) is 2.75. The number of aromatic nitrogens is 1. The predicted molar refractivity (Wildman–Crippen MR) is 109 cm³/mol. The summed E-state index contributed by atoms with van der Waals surface area (Å²) in [6.07, 6.45) is 2.97. The number of hydrogen-bond acceptors (Lipinski definition) is 4. The van der Waals surface area contributed by atoms with E-state index in [1.54, 1.807) is 13.1 Å². The van der Waals surface area contributed by atoms with Crippen molar-refractivity contribution in [3.63, 3.8) is 0 Å². The van der Waals surface area contributed by atoms with Gasteiger partial charge in [0.05, 0.1) is 0 Å². The lowest BCUT2D eigenvalue weighted by molar-refractivity contribution is -0.139. The molecule has 4 rings (SSSR count). The molecule has 0 saturated carbocycles. The largest absolute Gasteiger partial charge is 0.488 e. The van der Waals surface area contributed by atoms with Gasteiger partial charge in [-0.1, -0.05) is 36.4 Å². The summed E-state index contributed by atoms with van der Waals surface area (Å²) in [6, 6.07) is 19.4. The molecule has 0 aliphatic carbocycles. The number of para-hydroxylation sites is 2. The third-order valence-electron chi connectivity index (χ3n) is 5.05. The summed E-state index contributed by atoms with van der Waals surface area (Å²) in [4.78, 5) is 19.0. The van der Waals surface area contributed by atoms with Crippen LogP contribution in [0, 0.1) is 0 Å². The van der Waals surface area contributed by atoms with Crippen LogP contribution in [0.25, 0.3) is 10.9 Å². The van der Waals surface area contributed by atoms with Crippen LogP contribution in [0.3, 0.4) is 0 Å². The monoisotopic (exact) mass is 376 g/mol. The Morgan fingerprint density at radius 2 is 1.79 bits per heavy atom. The molecular weight excluding hydrogens is 352 g/mol. The second kappa shape index (κ2) is 8.30. The molecule has 144 valence electrons. The van der Waals surface area contributed by atoms with E-state index < -0.39 is 6.10 Å². The van der Waals surface area contributed by atoms with E-state index in [1.807, 2.05) is 65.6 Å². The summed E-state index contributed by atoms with van der Waals surface area (Å²) in [6.45, 7) is 3.15. The summed E-state index contributed by atoms with van der Waals surface area (Å²) in [5, 5.41) is 1.07. The SMILES string of the molecule is CC(Oc1ccccc1)C(=O)N1CCC(Oc2cccc3cccnc23)CC1. The molecule has 0 spiro atoms. The Labute approximate surface area is 164 Å². The standard InChI is InChI=1S/C23H24N2O3/c1-17(27-19-9-3-2-4-10-19)23(26)25-15-12-20(13-16-25)28-21-11-5-7-18-8-6-14-24-22(18)21/h2-11,14,17,20H,12-13,15-16H2,1H3. The van der Waals surface area contributed by atoms with Crippen LogP contribution in [0.2, 0.25) is 0 Å². The number of piperidine rings is 1. The van der Waals surface area contributed by atoms with Gasteiger partial charge in [-0.25, -0.2) is 0 Å². The lowest BCUT2D eigenvalue weighted by Crippen LogP contribution is -2.46. The van der Waals surface area contributed by atoms with Crippen molar-refractivity contribution in [1.82, 2.24) is 9.88 Å². The highest BCUT2D eigenvalue weighted by atomic mass is 16.5. The molecule has 2 heterocycles. The summed E-state index contributed by atoms with van der Waals surface area (Å²) in [5.74, 6) is 1.54. The lowest BCUT2D eigenvalue weighted by atomic mass is 10.1. The minimum atomic E-state index is -0.498. The van der Waals surface area contributed by atoms with Crippen LogP contribution in [0.1, 0.15) is 19.8 Å². The zero-order chi connectivity index (χ0) is 19.3. The number of hydrogen-bond donors (Lipinski definition) is 0. The molecule has 1 aliphatic rings. The maximum atomic E-state index is 12.7. The first-order valence-electron chi connectivity index (χ1n) is 9.71. The van der Waals surface area contributed by atoms with Crippen molar-refractivity contribution in [2.75, 3.05) is 13.1 Å². The van der Waals surface area contributed by atoms with Gasteiger partial charge in [0, 0.05) is 37.5 Å². The van der Waals surface area contributed by atoms with Gasteiger partial charge in [0.15, 0.2) is 6.10 Å². The third-order valence-corrected chi connectivity index (χ3v) is 5.05. The van der Waals surface area contributed by atoms with Crippen molar-refractivity contribution in [3.8, 4) is 11.5 Å². The minimum absolute atomic E-state index is 0.0223. The van der Waals surface area contributed by atoms with E-state index in [4.69, 9.17) is 9.47 Å². The van der Waals surface area contributed by atoms with Gasteiger partial charge in [-0.05, 0) is 31.2 Å². The zero-order valence-electron chi connectivity index (χ0n) is 16.0. The van der Waals surface area contributed by atoms with Crippen LogP contribution in [0.4, 0.5) is 0 Å². The van der Waals surface area contributed by atoms with Crippen LogP contribution in [0.15, 0.2) is 66.9 Å². The van der Waals surface area contributed by atoms with Crippen molar-refractivity contribution in [1.29, 1.82) is 0 Å². The summed E-state index contributed by atoms with van der Waals surface area (Å²) in [7, 11) is 0. The summed E-state index contributed by atoms with van der Waals surface area (Å²) < 4.78 is 12.0. The number of nitrogens with zero attached hydrogens (tertiary/aromatic N) is 2. The smallest absolute Gasteiger partial charge is 0.263 e. The molecule has 1 aromatic heterocycles. The molecule has 1 atom stereocenters. The Bertz CT molecular complexity index is 931. The number of carbonyl (C=O) groups excluding carboxylic acids is 1. The second-order valence-electron chi connectivity index (χ2n) is 7.05. The zero-order valence-corrected chi connectivity index (χ0v) is 16.0. The maximum absolute atomic E-state index is 12.7.